The average Bonchev–Trinajstić information content (AvgIpc) is 2.18. The summed E-state index contributed by atoms with van der Waals surface area (Å²) >= 11 is 0. The van der Waals surface area contributed by atoms with Crippen LogP contribution in [0.5, 0.6) is 0 Å². The lowest BCUT2D eigenvalue weighted by molar-refractivity contribution is 1.40. The van der Waals surface area contributed by atoms with Gasteiger partial charge < -0.3 is 0 Å². The van der Waals surface area contributed by atoms with E-state index in [1.807, 2.05) is 24.3 Å². The van der Waals surface area contributed by atoms with Gasteiger partial charge in [0.2, 0.25) is 0 Å². The summed E-state index contributed by atoms with van der Waals surface area (Å²) in [5.74, 6) is 0. The third kappa shape index (κ3) is 1.33. The fourth-order valence-corrected chi connectivity index (χ4v) is 1.35. The molecule has 63 valence electrons. The van der Waals surface area contributed by atoms with Gasteiger partial charge in [-0.2, -0.15) is 0 Å². The SMILES string of the molecule is [CH2]c1ccnc2ccc(C=C)cc12. The Morgan fingerprint density at radius 1 is 1.23 bits per heavy atom. The van der Waals surface area contributed by atoms with Crippen molar-refractivity contribution in [3.63, 3.8) is 0 Å². The van der Waals surface area contributed by atoms with E-state index in [-0.39, 0.29) is 0 Å². The second kappa shape index (κ2) is 3.02. The van der Waals surface area contributed by atoms with E-state index in [0.29, 0.717) is 0 Å². The summed E-state index contributed by atoms with van der Waals surface area (Å²) in [5, 5.41) is 1.10. The minimum atomic E-state index is 0.984. The van der Waals surface area contributed by atoms with Gasteiger partial charge >= 0.3 is 0 Å². The predicted octanol–water partition coefficient (Wildman–Crippen LogP) is 3.06. The molecule has 1 aromatic carbocycles. The number of fused-ring (bicyclic) bond motifs is 1. The lowest BCUT2D eigenvalue weighted by Gasteiger charge is -2.01. The van der Waals surface area contributed by atoms with Crippen molar-refractivity contribution in [3.8, 4) is 0 Å². The van der Waals surface area contributed by atoms with Gasteiger partial charge in [0.1, 0.15) is 0 Å². The Morgan fingerprint density at radius 3 is 2.85 bits per heavy atom. The summed E-state index contributed by atoms with van der Waals surface area (Å²) in [7, 11) is 0. The summed E-state index contributed by atoms with van der Waals surface area (Å²) in [6, 6.07) is 7.95. The molecule has 0 spiro atoms. The molecule has 0 N–H and O–H groups in total. The summed E-state index contributed by atoms with van der Waals surface area (Å²) in [6.07, 6.45) is 3.60. The highest BCUT2D eigenvalue weighted by molar-refractivity contribution is 5.84. The Morgan fingerprint density at radius 2 is 2.08 bits per heavy atom. The molecule has 0 aliphatic heterocycles. The van der Waals surface area contributed by atoms with Crippen molar-refractivity contribution in [2.24, 2.45) is 0 Å². The molecule has 0 aliphatic carbocycles. The molecule has 0 atom stereocenters. The highest BCUT2D eigenvalue weighted by Gasteiger charge is 1.97. The van der Waals surface area contributed by atoms with Crippen LogP contribution in [0.2, 0.25) is 0 Å². The predicted molar refractivity (Wildman–Crippen MR) is 56.3 cm³/mol. The molecule has 1 heteroatoms. The van der Waals surface area contributed by atoms with Crippen molar-refractivity contribution in [1.29, 1.82) is 0 Å². The number of hydrogen-bond acceptors (Lipinski definition) is 1. The molecule has 0 fully saturated rings. The van der Waals surface area contributed by atoms with E-state index in [2.05, 4.69) is 24.6 Å². The molecule has 0 saturated heterocycles. The average molecular weight is 168 g/mol. The summed E-state index contributed by atoms with van der Waals surface area (Å²) in [5.41, 5.74) is 3.09. The molecule has 2 aromatic rings. The van der Waals surface area contributed by atoms with E-state index < -0.39 is 0 Å². The van der Waals surface area contributed by atoms with Gasteiger partial charge in [0.25, 0.3) is 0 Å². The molecule has 2 rings (SSSR count). The van der Waals surface area contributed by atoms with Crippen LogP contribution in [0.25, 0.3) is 17.0 Å². The molecular weight excluding hydrogens is 158 g/mol. The third-order valence-electron chi connectivity index (χ3n) is 2.09. The van der Waals surface area contributed by atoms with E-state index in [0.717, 1.165) is 22.0 Å². The summed E-state index contributed by atoms with van der Waals surface area (Å²) in [6.45, 7) is 7.68. The van der Waals surface area contributed by atoms with E-state index in [1.165, 1.54) is 0 Å². The normalized spacial score (nSPS) is 10.2. The third-order valence-corrected chi connectivity index (χ3v) is 2.09. The lowest BCUT2D eigenvalue weighted by Crippen LogP contribution is -1.82. The standard InChI is InChI=1S/C12H10N/c1-3-10-4-5-12-11(8-10)9(2)6-7-13-12/h3-8H,1-2H2. The topological polar surface area (TPSA) is 12.9 Å². The molecule has 1 aromatic heterocycles. The Kier molecular flexibility index (Phi) is 1.85. The first-order chi connectivity index (χ1) is 6.31. The highest BCUT2D eigenvalue weighted by Crippen LogP contribution is 2.17. The molecule has 0 bridgehead atoms. The zero-order valence-electron chi connectivity index (χ0n) is 7.33. The van der Waals surface area contributed by atoms with Crippen LogP contribution in [0.4, 0.5) is 0 Å². The van der Waals surface area contributed by atoms with E-state index in [1.54, 1.807) is 6.20 Å². The van der Waals surface area contributed by atoms with Crippen LogP contribution >= 0.6 is 0 Å². The van der Waals surface area contributed by atoms with Crippen molar-refractivity contribution < 1.29 is 0 Å². The van der Waals surface area contributed by atoms with Gasteiger partial charge in [-0.1, -0.05) is 18.7 Å². The van der Waals surface area contributed by atoms with E-state index in [4.69, 9.17) is 0 Å². The Bertz CT molecular complexity index is 458. The molecule has 1 radical (unpaired) electrons. The Balaban J connectivity index is 2.81. The van der Waals surface area contributed by atoms with Crippen molar-refractivity contribution in [2.75, 3.05) is 0 Å². The van der Waals surface area contributed by atoms with Gasteiger partial charge in [0.15, 0.2) is 0 Å². The van der Waals surface area contributed by atoms with Gasteiger partial charge in [0.05, 0.1) is 5.52 Å². The van der Waals surface area contributed by atoms with E-state index in [9.17, 15) is 0 Å². The van der Waals surface area contributed by atoms with Crippen LogP contribution < -0.4 is 0 Å². The molecule has 1 heterocycles. The fourth-order valence-electron chi connectivity index (χ4n) is 1.35. The zero-order valence-corrected chi connectivity index (χ0v) is 7.33. The van der Waals surface area contributed by atoms with Crippen molar-refractivity contribution >= 4 is 17.0 Å². The van der Waals surface area contributed by atoms with Crippen LogP contribution in [0.15, 0.2) is 37.0 Å². The number of benzene rings is 1. The van der Waals surface area contributed by atoms with Crippen LogP contribution in [-0.2, 0) is 0 Å². The number of aromatic nitrogens is 1. The van der Waals surface area contributed by atoms with Gasteiger partial charge in [-0.3, -0.25) is 4.98 Å². The zero-order chi connectivity index (χ0) is 9.26. The fraction of sp³-hybridized carbons (Fsp3) is 0. The van der Waals surface area contributed by atoms with Crippen LogP contribution in [0.1, 0.15) is 11.1 Å². The highest BCUT2D eigenvalue weighted by atomic mass is 14.6. The first-order valence-corrected chi connectivity index (χ1v) is 4.14. The molecular formula is C12H10N. The first-order valence-electron chi connectivity index (χ1n) is 4.14. The maximum Gasteiger partial charge on any atom is 0.0705 e. The largest absolute Gasteiger partial charge is 0.256 e. The van der Waals surface area contributed by atoms with Crippen LogP contribution in [0.3, 0.4) is 0 Å². The quantitative estimate of drug-likeness (QED) is 0.637. The molecule has 1 nitrogen and oxygen atoms in total. The van der Waals surface area contributed by atoms with Crippen LogP contribution in [-0.4, -0.2) is 4.98 Å². The maximum absolute atomic E-state index is 4.24. The summed E-state index contributed by atoms with van der Waals surface area (Å²) in [4.78, 5) is 4.24. The number of nitrogens with zero attached hydrogens (tertiary/aromatic N) is 1. The Labute approximate surface area is 77.7 Å². The lowest BCUT2D eigenvalue weighted by atomic mass is 10.1. The molecule has 13 heavy (non-hydrogen) atoms. The molecule has 0 unspecified atom stereocenters. The van der Waals surface area contributed by atoms with Gasteiger partial charge in [-0.05, 0) is 36.2 Å². The second-order valence-corrected chi connectivity index (χ2v) is 2.95. The molecule has 0 saturated carbocycles. The summed E-state index contributed by atoms with van der Waals surface area (Å²) < 4.78 is 0. The monoisotopic (exact) mass is 168 g/mol. The number of rotatable bonds is 1. The van der Waals surface area contributed by atoms with Crippen molar-refractivity contribution in [3.05, 3.63) is 55.1 Å². The van der Waals surface area contributed by atoms with Gasteiger partial charge in [0, 0.05) is 11.6 Å². The van der Waals surface area contributed by atoms with Crippen molar-refractivity contribution in [1.82, 2.24) is 4.98 Å². The van der Waals surface area contributed by atoms with E-state index >= 15 is 0 Å². The van der Waals surface area contributed by atoms with Crippen LogP contribution in [0, 0.1) is 6.92 Å². The minimum absolute atomic E-state index is 0.984. The number of hydrogen-bond donors (Lipinski definition) is 0. The first kappa shape index (κ1) is 7.99. The maximum atomic E-state index is 4.24. The van der Waals surface area contributed by atoms with Crippen molar-refractivity contribution in [2.45, 2.75) is 0 Å². The number of pyridine rings is 1. The van der Waals surface area contributed by atoms with Gasteiger partial charge in [-0.15, -0.1) is 0 Å². The second-order valence-electron chi connectivity index (χ2n) is 2.95. The van der Waals surface area contributed by atoms with Gasteiger partial charge in [-0.25, -0.2) is 0 Å². The smallest absolute Gasteiger partial charge is 0.0705 e. The molecule has 0 amide bonds. The molecule has 0 aliphatic rings. The minimum Gasteiger partial charge on any atom is -0.256 e. The Hall–Kier alpha value is -1.63.